The summed E-state index contributed by atoms with van der Waals surface area (Å²) in [7, 11) is 0. The lowest BCUT2D eigenvalue weighted by molar-refractivity contribution is -0.386. The summed E-state index contributed by atoms with van der Waals surface area (Å²) >= 11 is 0. The van der Waals surface area contributed by atoms with Gasteiger partial charge in [-0.2, -0.15) is 0 Å². The van der Waals surface area contributed by atoms with Crippen molar-refractivity contribution in [1.29, 1.82) is 0 Å². The molecule has 23 heavy (non-hydrogen) atoms. The largest absolute Gasteiger partial charge is 0.349 e. The Kier molecular flexibility index (Phi) is 3.89. The predicted octanol–water partition coefficient (Wildman–Crippen LogP) is 4.55. The molecule has 3 rings (SSSR count). The number of aromatic nitrogens is 1. The molecule has 3 aromatic rings. The molecule has 0 atom stereocenters. The highest BCUT2D eigenvalue weighted by Gasteiger charge is 2.23. The fourth-order valence-corrected chi connectivity index (χ4v) is 2.55. The van der Waals surface area contributed by atoms with Crippen LogP contribution in [0.1, 0.15) is 17.0 Å². The molecule has 5 nitrogen and oxygen atoms in total. The van der Waals surface area contributed by atoms with E-state index in [9.17, 15) is 14.5 Å². The normalized spacial score (nSPS) is 11.8. The first-order valence-corrected chi connectivity index (χ1v) is 6.97. The highest BCUT2D eigenvalue weighted by Crippen LogP contribution is 2.30. The van der Waals surface area contributed by atoms with E-state index >= 15 is 0 Å². The first kappa shape index (κ1) is 14.9. The minimum atomic E-state index is -0.773. The van der Waals surface area contributed by atoms with Gasteiger partial charge in [-0.1, -0.05) is 47.6 Å². The SMILES string of the molecule is Cc1noc(/C=C(/CF)c2cccc3ccccc23)c1[N+](=O)[O-]. The van der Waals surface area contributed by atoms with Crippen LogP contribution < -0.4 is 0 Å². The second-order valence-electron chi connectivity index (χ2n) is 5.07. The van der Waals surface area contributed by atoms with Gasteiger partial charge in [0.05, 0.1) is 4.92 Å². The minimum absolute atomic E-state index is 0.0481. The zero-order valence-corrected chi connectivity index (χ0v) is 12.3. The van der Waals surface area contributed by atoms with Crippen molar-refractivity contribution < 1.29 is 13.8 Å². The first-order valence-electron chi connectivity index (χ1n) is 6.97. The van der Waals surface area contributed by atoms with Gasteiger partial charge in [-0.3, -0.25) is 10.1 Å². The smallest absolute Gasteiger partial charge is 0.338 e. The topological polar surface area (TPSA) is 69.2 Å². The molecule has 0 saturated carbocycles. The molecular weight excluding hydrogens is 299 g/mol. The van der Waals surface area contributed by atoms with Crippen molar-refractivity contribution in [3.8, 4) is 0 Å². The Labute approximate surface area is 131 Å². The molecule has 0 spiro atoms. The van der Waals surface area contributed by atoms with Crippen molar-refractivity contribution >= 4 is 28.1 Å². The van der Waals surface area contributed by atoms with Crippen LogP contribution in [0.25, 0.3) is 22.4 Å². The van der Waals surface area contributed by atoms with E-state index in [2.05, 4.69) is 5.16 Å². The van der Waals surface area contributed by atoms with Gasteiger partial charge in [0.25, 0.3) is 0 Å². The standard InChI is InChI=1S/C17H13FN2O3/c1-11-17(20(21)22)16(23-19-11)9-13(10-18)15-8-4-6-12-5-2-3-7-14(12)15/h2-9H,10H2,1H3/b13-9-. The average Bonchev–Trinajstić information content (AvgIpc) is 2.93. The van der Waals surface area contributed by atoms with E-state index in [4.69, 9.17) is 4.52 Å². The summed E-state index contributed by atoms with van der Waals surface area (Å²) in [6.07, 6.45) is 1.35. The maximum absolute atomic E-state index is 13.6. The van der Waals surface area contributed by atoms with E-state index in [1.807, 2.05) is 36.4 Å². The number of rotatable bonds is 4. The molecule has 0 amide bonds. The number of halogens is 1. The maximum Gasteiger partial charge on any atom is 0.338 e. The van der Waals surface area contributed by atoms with Crippen LogP contribution in [-0.4, -0.2) is 16.8 Å². The van der Waals surface area contributed by atoms with Gasteiger partial charge in [-0.15, -0.1) is 0 Å². The molecule has 0 aliphatic carbocycles. The van der Waals surface area contributed by atoms with Crippen LogP contribution in [-0.2, 0) is 0 Å². The van der Waals surface area contributed by atoms with Crippen molar-refractivity contribution in [2.45, 2.75) is 6.92 Å². The van der Waals surface area contributed by atoms with Crippen LogP contribution in [0, 0.1) is 17.0 Å². The number of hydrogen-bond donors (Lipinski definition) is 0. The Morgan fingerprint density at radius 2 is 2.04 bits per heavy atom. The third-order valence-corrected chi connectivity index (χ3v) is 3.62. The molecular formula is C17H13FN2O3. The average molecular weight is 312 g/mol. The number of benzene rings is 2. The fourth-order valence-electron chi connectivity index (χ4n) is 2.55. The van der Waals surface area contributed by atoms with Crippen molar-refractivity contribution in [2.75, 3.05) is 6.67 Å². The van der Waals surface area contributed by atoms with Gasteiger partial charge in [-0.05, 0) is 34.9 Å². The molecule has 0 aliphatic rings. The lowest BCUT2D eigenvalue weighted by Gasteiger charge is -2.07. The van der Waals surface area contributed by atoms with E-state index in [1.165, 1.54) is 13.0 Å². The van der Waals surface area contributed by atoms with Crippen LogP contribution in [0.15, 0.2) is 47.0 Å². The summed E-state index contributed by atoms with van der Waals surface area (Å²) in [6, 6.07) is 13.1. The number of hydrogen-bond acceptors (Lipinski definition) is 4. The Bertz CT molecular complexity index is 910. The zero-order valence-electron chi connectivity index (χ0n) is 12.3. The van der Waals surface area contributed by atoms with Crippen LogP contribution in [0.5, 0.6) is 0 Å². The second kappa shape index (κ2) is 6.00. The predicted molar refractivity (Wildman–Crippen MR) is 85.7 cm³/mol. The van der Waals surface area contributed by atoms with Gasteiger partial charge in [-0.25, -0.2) is 4.39 Å². The Balaban J connectivity index is 2.18. The van der Waals surface area contributed by atoms with Gasteiger partial charge in [0.2, 0.25) is 5.76 Å². The van der Waals surface area contributed by atoms with E-state index < -0.39 is 11.6 Å². The number of alkyl halides is 1. The number of aryl methyl sites for hydroxylation is 1. The number of nitro groups is 1. The molecule has 1 heterocycles. The summed E-state index contributed by atoms with van der Waals surface area (Å²) < 4.78 is 18.6. The summed E-state index contributed by atoms with van der Waals surface area (Å²) in [5, 5.41) is 16.5. The van der Waals surface area contributed by atoms with Crippen LogP contribution >= 0.6 is 0 Å². The van der Waals surface area contributed by atoms with Gasteiger partial charge in [0.1, 0.15) is 6.67 Å². The maximum atomic E-state index is 13.6. The van der Waals surface area contributed by atoms with Crippen molar-refractivity contribution in [2.24, 2.45) is 0 Å². The zero-order chi connectivity index (χ0) is 16.4. The number of allylic oxidation sites excluding steroid dienone is 1. The highest BCUT2D eigenvalue weighted by atomic mass is 19.1. The highest BCUT2D eigenvalue weighted by molar-refractivity contribution is 5.98. The third kappa shape index (κ3) is 2.70. The molecule has 0 bridgehead atoms. The number of nitrogens with zero attached hydrogens (tertiary/aromatic N) is 2. The molecule has 0 fully saturated rings. The summed E-state index contributed by atoms with van der Waals surface area (Å²) in [5.74, 6) is -0.0481. The molecule has 116 valence electrons. The molecule has 6 heteroatoms. The van der Waals surface area contributed by atoms with Crippen molar-refractivity contribution in [3.63, 3.8) is 0 Å². The van der Waals surface area contributed by atoms with Gasteiger partial charge in [0, 0.05) is 0 Å². The van der Waals surface area contributed by atoms with E-state index in [-0.39, 0.29) is 17.1 Å². The summed E-state index contributed by atoms with van der Waals surface area (Å²) in [4.78, 5) is 10.5. The minimum Gasteiger partial charge on any atom is -0.349 e. The monoisotopic (exact) mass is 312 g/mol. The third-order valence-electron chi connectivity index (χ3n) is 3.62. The van der Waals surface area contributed by atoms with Crippen LogP contribution in [0.4, 0.5) is 10.1 Å². The fraction of sp³-hybridized carbons (Fsp3) is 0.118. The molecule has 2 aromatic carbocycles. The Morgan fingerprint density at radius 1 is 1.30 bits per heavy atom. The molecule has 0 aliphatic heterocycles. The van der Waals surface area contributed by atoms with Crippen LogP contribution in [0.2, 0.25) is 0 Å². The molecule has 0 unspecified atom stereocenters. The van der Waals surface area contributed by atoms with Crippen LogP contribution in [0.3, 0.4) is 0 Å². The quantitative estimate of drug-likeness (QED) is 0.523. The Hall–Kier alpha value is -3.02. The lowest BCUT2D eigenvalue weighted by atomic mass is 9.98. The van der Waals surface area contributed by atoms with Gasteiger partial charge < -0.3 is 4.52 Å². The lowest BCUT2D eigenvalue weighted by Crippen LogP contribution is -1.93. The summed E-state index contributed by atoms with van der Waals surface area (Å²) in [6.45, 7) is 0.705. The van der Waals surface area contributed by atoms with Gasteiger partial charge >= 0.3 is 5.69 Å². The summed E-state index contributed by atoms with van der Waals surface area (Å²) in [5.41, 5.74) is 0.906. The first-order chi connectivity index (χ1) is 11.1. The van der Waals surface area contributed by atoms with Crippen molar-refractivity contribution in [1.82, 2.24) is 5.16 Å². The van der Waals surface area contributed by atoms with E-state index in [0.29, 0.717) is 11.1 Å². The van der Waals surface area contributed by atoms with E-state index in [1.54, 1.807) is 6.07 Å². The molecule has 0 saturated heterocycles. The number of fused-ring (bicyclic) bond motifs is 1. The molecule has 0 radical (unpaired) electrons. The Morgan fingerprint density at radius 3 is 2.78 bits per heavy atom. The second-order valence-corrected chi connectivity index (χ2v) is 5.07. The van der Waals surface area contributed by atoms with Crippen molar-refractivity contribution in [3.05, 3.63) is 69.6 Å². The molecule has 0 N–H and O–H groups in total. The van der Waals surface area contributed by atoms with Gasteiger partial charge in [0.15, 0.2) is 5.69 Å². The van der Waals surface area contributed by atoms with E-state index in [0.717, 1.165) is 10.8 Å². The molecule has 1 aromatic heterocycles.